The zero-order chi connectivity index (χ0) is 19.8. The van der Waals surface area contributed by atoms with Crippen molar-refractivity contribution in [1.82, 2.24) is 19.8 Å². The molecule has 1 aliphatic carbocycles. The highest BCUT2D eigenvalue weighted by molar-refractivity contribution is 7.82. The van der Waals surface area contributed by atoms with Crippen molar-refractivity contribution in [1.29, 1.82) is 0 Å². The predicted octanol–water partition coefficient (Wildman–Crippen LogP) is 1.30. The largest absolute Gasteiger partial charge is 0.408 e. The lowest BCUT2D eigenvalue weighted by molar-refractivity contribution is -0.160. The van der Waals surface area contributed by atoms with Crippen LogP contribution in [0.5, 0.6) is 0 Å². The molecule has 0 aromatic carbocycles. The molecular weight excluding hydrogens is 385 g/mol. The average molecular weight is 404 g/mol. The van der Waals surface area contributed by atoms with Gasteiger partial charge in [0.2, 0.25) is 0 Å². The Bertz CT molecular complexity index is 814. The minimum atomic E-state index is -4.66. The number of nitrogens with one attached hydrogen (secondary N) is 2. The van der Waals surface area contributed by atoms with Crippen LogP contribution in [0.2, 0.25) is 0 Å². The monoisotopic (exact) mass is 404 g/mol. The van der Waals surface area contributed by atoms with E-state index in [4.69, 9.17) is 0 Å². The van der Waals surface area contributed by atoms with Gasteiger partial charge in [-0.1, -0.05) is 6.42 Å². The van der Waals surface area contributed by atoms with Crippen molar-refractivity contribution in [3.8, 4) is 0 Å². The number of hydrogen-bond acceptors (Lipinski definition) is 4. The van der Waals surface area contributed by atoms with Crippen molar-refractivity contribution >= 4 is 28.4 Å². The Morgan fingerprint density at radius 3 is 2.70 bits per heavy atom. The number of carbonyl (C=O) groups excluding carboxylic acids is 2. The number of aromatic nitrogens is 2. The summed E-state index contributed by atoms with van der Waals surface area (Å²) in [5.41, 5.74) is -0.443. The Labute approximate surface area is 156 Å². The van der Waals surface area contributed by atoms with Crippen LogP contribution in [0.15, 0.2) is 17.8 Å². The van der Waals surface area contributed by atoms with Crippen LogP contribution in [0.25, 0.3) is 5.57 Å². The molecule has 148 valence electrons. The van der Waals surface area contributed by atoms with Gasteiger partial charge in [-0.05, 0) is 24.8 Å². The lowest BCUT2D eigenvalue weighted by Crippen LogP contribution is -2.51. The van der Waals surface area contributed by atoms with Gasteiger partial charge in [0, 0.05) is 31.0 Å². The molecule has 2 atom stereocenters. The standard InChI is InChI=1S/C16H19F3N4O3S/c1-27(26)22-15(25)13-10(7-12(16(17,18)19)20-14(13)24)11-5-6-23(21-11)8-9-3-2-4-9/h5-6,9,12H,2-4,7-8H2,1H3,(H,20,24)(H,22,25). The summed E-state index contributed by atoms with van der Waals surface area (Å²) in [5, 5.41) is 6.08. The van der Waals surface area contributed by atoms with Crippen LogP contribution in [0.4, 0.5) is 13.2 Å². The van der Waals surface area contributed by atoms with E-state index >= 15 is 0 Å². The summed E-state index contributed by atoms with van der Waals surface area (Å²) in [7, 11) is -1.77. The molecule has 1 aliphatic heterocycles. The first-order valence-electron chi connectivity index (χ1n) is 8.44. The highest BCUT2D eigenvalue weighted by Crippen LogP contribution is 2.34. The fraction of sp³-hybridized carbons (Fsp3) is 0.562. The Hall–Kier alpha value is -2.17. The molecule has 7 nitrogen and oxygen atoms in total. The summed E-state index contributed by atoms with van der Waals surface area (Å²) < 4.78 is 54.4. The van der Waals surface area contributed by atoms with Crippen molar-refractivity contribution in [3.63, 3.8) is 0 Å². The minimum Gasteiger partial charge on any atom is -0.340 e. The van der Waals surface area contributed by atoms with Crippen LogP contribution in [0.3, 0.4) is 0 Å². The maximum absolute atomic E-state index is 13.2. The summed E-state index contributed by atoms with van der Waals surface area (Å²) in [5.74, 6) is -1.66. The Kier molecular flexibility index (Phi) is 5.41. The molecule has 1 aromatic heterocycles. The summed E-state index contributed by atoms with van der Waals surface area (Å²) in [6.45, 7) is 0.642. The number of alkyl halides is 3. The molecule has 27 heavy (non-hydrogen) atoms. The Balaban J connectivity index is 1.96. The van der Waals surface area contributed by atoms with Crippen molar-refractivity contribution in [2.24, 2.45) is 5.92 Å². The molecule has 2 heterocycles. The normalized spacial score (nSPS) is 22.2. The van der Waals surface area contributed by atoms with E-state index in [1.807, 2.05) is 0 Å². The second kappa shape index (κ2) is 7.45. The van der Waals surface area contributed by atoms with Crippen molar-refractivity contribution in [2.75, 3.05) is 6.26 Å². The van der Waals surface area contributed by atoms with Gasteiger partial charge in [-0.25, -0.2) is 4.21 Å². The number of halogens is 3. The molecule has 1 fully saturated rings. The van der Waals surface area contributed by atoms with E-state index in [1.54, 1.807) is 16.2 Å². The molecule has 0 bridgehead atoms. The summed E-state index contributed by atoms with van der Waals surface area (Å²) in [4.78, 5) is 24.5. The van der Waals surface area contributed by atoms with Gasteiger partial charge in [-0.3, -0.25) is 19.0 Å². The molecule has 3 rings (SSSR count). The van der Waals surface area contributed by atoms with Gasteiger partial charge < -0.3 is 5.32 Å². The third kappa shape index (κ3) is 4.40. The third-order valence-corrected chi connectivity index (χ3v) is 5.19. The van der Waals surface area contributed by atoms with Crippen LogP contribution in [-0.2, 0) is 27.1 Å². The topological polar surface area (TPSA) is 93.1 Å². The molecule has 2 unspecified atom stereocenters. The van der Waals surface area contributed by atoms with Gasteiger partial charge in [-0.2, -0.15) is 18.3 Å². The van der Waals surface area contributed by atoms with E-state index in [0.29, 0.717) is 12.5 Å². The quantitative estimate of drug-likeness (QED) is 0.724. The predicted molar refractivity (Wildman–Crippen MR) is 91.3 cm³/mol. The average Bonchev–Trinajstić information content (AvgIpc) is 2.97. The first kappa shape index (κ1) is 19.6. The van der Waals surface area contributed by atoms with Crippen LogP contribution in [0, 0.1) is 5.92 Å². The second-order valence-corrected chi connectivity index (χ2v) is 7.84. The lowest BCUT2D eigenvalue weighted by Gasteiger charge is -2.28. The van der Waals surface area contributed by atoms with Crippen LogP contribution in [-0.4, -0.2) is 44.3 Å². The van der Waals surface area contributed by atoms with Crippen LogP contribution in [0.1, 0.15) is 31.4 Å². The van der Waals surface area contributed by atoms with Crippen molar-refractivity contribution < 1.29 is 27.0 Å². The first-order valence-corrected chi connectivity index (χ1v) is 10.00. The highest BCUT2D eigenvalue weighted by Gasteiger charge is 2.46. The fourth-order valence-electron chi connectivity index (χ4n) is 3.14. The molecule has 11 heteroatoms. The number of amides is 2. The number of nitrogens with zero attached hydrogens (tertiary/aromatic N) is 2. The minimum absolute atomic E-state index is 0.101. The lowest BCUT2D eigenvalue weighted by atomic mass is 9.85. The molecule has 0 radical (unpaired) electrons. The number of carbonyl (C=O) groups is 2. The maximum Gasteiger partial charge on any atom is 0.408 e. The van der Waals surface area contributed by atoms with E-state index in [9.17, 15) is 27.0 Å². The van der Waals surface area contributed by atoms with Crippen LogP contribution >= 0.6 is 0 Å². The van der Waals surface area contributed by atoms with Gasteiger partial charge in [0.25, 0.3) is 11.8 Å². The van der Waals surface area contributed by atoms with Crippen molar-refractivity contribution in [3.05, 3.63) is 23.5 Å². The van der Waals surface area contributed by atoms with Crippen LogP contribution < -0.4 is 10.0 Å². The zero-order valence-corrected chi connectivity index (χ0v) is 15.3. The Morgan fingerprint density at radius 2 is 2.15 bits per heavy atom. The molecule has 2 amide bonds. The molecule has 0 spiro atoms. The zero-order valence-electron chi connectivity index (χ0n) is 14.5. The third-order valence-electron chi connectivity index (χ3n) is 4.72. The summed E-state index contributed by atoms with van der Waals surface area (Å²) in [6, 6.07) is -0.614. The second-order valence-electron chi connectivity index (χ2n) is 6.73. The molecule has 2 aliphatic rings. The molecular formula is C16H19F3N4O3S. The van der Waals surface area contributed by atoms with Gasteiger partial charge >= 0.3 is 6.18 Å². The number of rotatable bonds is 5. The highest BCUT2D eigenvalue weighted by atomic mass is 32.2. The SMILES string of the molecule is CS(=O)NC(=O)C1=C(c2ccn(CC3CCC3)n2)CC(C(F)(F)F)NC1=O. The number of hydrogen-bond donors (Lipinski definition) is 2. The molecule has 0 saturated heterocycles. The van der Waals surface area contributed by atoms with Gasteiger partial charge in [0.05, 0.1) is 5.69 Å². The van der Waals surface area contributed by atoms with Gasteiger partial charge in [-0.15, -0.1) is 0 Å². The van der Waals surface area contributed by atoms with E-state index in [2.05, 4.69) is 9.82 Å². The first-order chi connectivity index (χ1) is 12.6. The maximum atomic E-state index is 13.2. The van der Waals surface area contributed by atoms with Crippen molar-refractivity contribution in [2.45, 2.75) is 44.4 Å². The van der Waals surface area contributed by atoms with E-state index in [-0.39, 0.29) is 11.3 Å². The summed E-state index contributed by atoms with van der Waals surface area (Å²) >= 11 is 0. The van der Waals surface area contributed by atoms with E-state index < -0.39 is 47.0 Å². The molecule has 2 N–H and O–H groups in total. The van der Waals surface area contributed by atoms with E-state index in [0.717, 1.165) is 19.3 Å². The Morgan fingerprint density at radius 1 is 1.44 bits per heavy atom. The van der Waals surface area contributed by atoms with Gasteiger partial charge in [0.1, 0.15) is 22.6 Å². The van der Waals surface area contributed by atoms with Gasteiger partial charge in [0.15, 0.2) is 0 Å². The smallest absolute Gasteiger partial charge is 0.340 e. The summed E-state index contributed by atoms with van der Waals surface area (Å²) in [6.07, 6.45) is 0.836. The van der Waals surface area contributed by atoms with E-state index in [1.165, 1.54) is 12.3 Å². The molecule has 1 saturated carbocycles. The fourth-order valence-corrected chi connectivity index (χ4v) is 3.50. The molecule has 1 aromatic rings.